The second-order valence-electron chi connectivity index (χ2n) is 5.97. The second kappa shape index (κ2) is 10.4. The van der Waals surface area contributed by atoms with Crippen molar-refractivity contribution in [3.63, 3.8) is 0 Å². The maximum Gasteiger partial charge on any atom is 0.252 e. The molecule has 0 saturated carbocycles. The van der Waals surface area contributed by atoms with E-state index in [1.165, 1.54) is 28.5 Å². The SMILES string of the molecule is C[C@H](NC(=O)c1cc(Br)cc(OCC(Cl)=C(Cl)Cl)c1)c1ncnn1-c1ncc(C#N)s1. The van der Waals surface area contributed by atoms with E-state index in [1.54, 1.807) is 25.1 Å². The van der Waals surface area contributed by atoms with Gasteiger partial charge in [-0.2, -0.15) is 15.0 Å². The van der Waals surface area contributed by atoms with E-state index < -0.39 is 6.04 Å². The summed E-state index contributed by atoms with van der Waals surface area (Å²) in [6.45, 7) is 1.72. The van der Waals surface area contributed by atoms with Gasteiger partial charge in [-0.1, -0.05) is 62.1 Å². The summed E-state index contributed by atoms with van der Waals surface area (Å²) in [6, 6.07) is 6.41. The number of ether oxygens (including phenoxy) is 1. The van der Waals surface area contributed by atoms with Crippen LogP contribution in [-0.4, -0.2) is 32.3 Å². The molecule has 0 aliphatic carbocycles. The van der Waals surface area contributed by atoms with Gasteiger partial charge in [-0.25, -0.2) is 9.97 Å². The lowest BCUT2D eigenvalue weighted by molar-refractivity contribution is 0.0937. The Morgan fingerprint density at radius 2 is 2.13 bits per heavy atom. The predicted molar refractivity (Wildman–Crippen MR) is 122 cm³/mol. The first-order chi connectivity index (χ1) is 14.8. The summed E-state index contributed by atoms with van der Waals surface area (Å²) >= 11 is 21.6. The summed E-state index contributed by atoms with van der Waals surface area (Å²) in [5.41, 5.74) is 0.348. The smallest absolute Gasteiger partial charge is 0.252 e. The monoisotopic (exact) mass is 560 g/mol. The molecule has 160 valence electrons. The highest BCUT2D eigenvalue weighted by Gasteiger charge is 2.20. The molecule has 3 rings (SSSR count). The van der Waals surface area contributed by atoms with Crippen LogP contribution in [0.15, 0.2) is 44.7 Å². The minimum atomic E-state index is -0.500. The third-order valence-corrected chi connectivity index (χ3v) is 6.08. The number of thiazole rings is 1. The van der Waals surface area contributed by atoms with Gasteiger partial charge in [-0.15, -0.1) is 0 Å². The number of nitriles is 1. The molecule has 2 heterocycles. The number of carbonyl (C=O) groups is 1. The van der Waals surface area contributed by atoms with E-state index in [1.807, 2.05) is 6.07 Å². The van der Waals surface area contributed by atoms with Crippen LogP contribution < -0.4 is 10.1 Å². The predicted octanol–water partition coefficient (Wildman–Crippen LogP) is 5.11. The number of hydrogen-bond donors (Lipinski definition) is 1. The molecule has 0 spiro atoms. The van der Waals surface area contributed by atoms with E-state index in [0.29, 0.717) is 31.6 Å². The molecule has 13 heteroatoms. The van der Waals surface area contributed by atoms with Crippen molar-refractivity contribution in [1.29, 1.82) is 5.26 Å². The fourth-order valence-electron chi connectivity index (χ4n) is 2.43. The van der Waals surface area contributed by atoms with Crippen molar-refractivity contribution in [2.24, 2.45) is 0 Å². The fraction of sp³-hybridized carbons (Fsp3) is 0.167. The Kier molecular flexibility index (Phi) is 7.91. The van der Waals surface area contributed by atoms with Crippen molar-refractivity contribution < 1.29 is 9.53 Å². The lowest BCUT2D eigenvalue weighted by atomic mass is 10.2. The van der Waals surface area contributed by atoms with Crippen LogP contribution in [0.1, 0.15) is 34.0 Å². The van der Waals surface area contributed by atoms with Crippen molar-refractivity contribution >= 4 is 68.0 Å². The molecule has 8 nitrogen and oxygen atoms in total. The van der Waals surface area contributed by atoms with Gasteiger partial charge in [0.2, 0.25) is 5.13 Å². The zero-order chi connectivity index (χ0) is 22.5. The van der Waals surface area contributed by atoms with Crippen LogP contribution in [0.4, 0.5) is 0 Å². The number of hydrogen-bond acceptors (Lipinski definition) is 7. The summed E-state index contributed by atoms with van der Waals surface area (Å²) in [5, 5.41) is 16.6. The molecule has 3 aromatic rings. The van der Waals surface area contributed by atoms with Gasteiger partial charge in [0.15, 0.2) is 5.82 Å². The molecule has 1 amide bonds. The molecule has 1 N–H and O–H groups in total. The molecule has 0 radical (unpaired) electrons. The largest absolute Gasteiger partial charge is 0.488 e. The molecule has 1 atom stereocenters. The highest BCUT2D eigenvalue weighted by Crippen LogP contribution is 2.25. The van der Waals surface area contributed by atoms with E-state index in [9.17, 15) is 4.79 Å². The standard InChI is InChI=1S/C18H12BrCl3N6O2S/c1-9(16-25-8-26-28(16)18-24-6-13(5-23)31-18)27-17(29)10-2-11(19)4-12(3-10)30-7-14(20)15(21)22/h2-4,6,8-9H,7H2,1H3,(H,27,29)/t9-/m0/s1. The molecule has 31 heavy (non-hydrogen) atoms. The van der Waals surface area contributed by atoms with Crippen molar-refractivity contribution in [1.82, 2.24) is 25.1 Å². The molecule has 0 saturated heterocycles. The van der Waals surface area contributed by atoms with Gasteiger partial charge in [0.1, 0.15) is 34.1 Å². The summed E-state index contributed by atoms with van der Waals surface area (Å²) in [6.07, 6.45) is 2.81. The lowest BCUT2D eigenvalue weighted by Gasteiger charge is -2.14. The molecule has 1 aromatic carbocycles. The number of halogens is 4. The van der Waals surface area contributed by atoms with Gasteiger partial charge in [0.25, 0.3) is 5.91 Å². The normalized spacial score (nSPS) is 11.5. The molecule has 0 aliphatic heterocycles. The van der Waals surface area contributed by atoms with Crippen LogP contribution in [0.5, 0.6) is 5.75 Å². The Balaban J connectivity index is 1.76. The Morgan fingerprint density at radius 1 is 1.35 bits per heavy atom. The zero-order valence-electron chi connectivity index (χ0n) is 15.6. The third-order valence-electron chi connectivity index (χ3n) is 3.80. The van der Waals surface area contributed by atoms with E-state index in [-0.39, 0.29) is 22.0 Å². The highest BCUT2D eigenvalue weighted by atomic mass is 79.9. The molecule has 0 unspecified atom stereocenters. The van der Waals surface area contributed by atoms with Crippen molar-refractivity contribution in [2.45, 2.75) is 13.0 Å². The van der Waals surface area contributed by atoms with Crippen molar-refractivity contribution in [3.8, 4) is 17.0 Å². The Hall–Kier alpha value is -2.16. The summed E-state index contributed by atoms with van der Waals surface area (Å²) < 4.78 is 7.57. The molecular weight excluding hydrogens is 551 g/mol. The highest BCUT2D eigenvalue weighted by molar-refractivity contribution is 9.10. The van der Waals surface area contributed by atoms with E-state index in [2.05, 4.69) is 36.3 Å². The van der Waals surface area contributed by atoms with Crippen LogP contribution in [0.2, 0.25) is 0 Å². The molecule has 2 aromatic heterocycles. The van der Waals surface area contributed by atoms with Crippen LogP contribution in [0, 0.1) is 11.3 Å². The van der Waals surface area contributed by atoms with E-state index >= 15 is 0 Å². The van der Waals surface area contributed by atoms with Crippen LogP contribution in [0.3, 0.4) is 0 Å². The zero-order valence-corrected chi connectivity index (χ0v) is 20.3. The second-order valence-corrected chi connectivity index (χ2v) is 9.30. The van der Waals surface area contributed by atoms with Gasteiger partial charge in [-0.05, 0) is 25.1 Å². The Bertz CT molecular complexity index is 1190. The first-order valence-electron chi connectivity index (χ1n) is 8.48. The average Bonchev–Trinajstić information content (AvgIpc) is 3.40. The van der Waals surface area contributed by atoms with Crippen molar-refractivity contribution in [2.75, 3.05) is 6.61 Å². The molecular formula is C18H12BrCl3N6O2S. The van der Waals surface area contributed by atoms with E-state index in [4.69, 9.17) is 44.8 Å². The van der Waals surface area contributed by atoms with Crippen molar-refractivity contribution in [3.05, 3.63) is 61.0 Å². The van der Waals surface area contributed by atoms with Gasteiger partial charge in [-0.3, -0.25) is 4.79 Å². The number of nitrogens with zero attached hydrogens (tertiary/aromatic N) is 5. The summed E-state index contributed by atoms with van der Waals surface area (Å²) in [4.78, 5) is 21.7. The third kappa shape index (κ3) is 5.96. The quantitative estimate of drug-likeness (QED) is 0.429. The van der Waals surface area contributed by atoms with Crippen LogP contribution in [0.25, 0.3) is 5.13 Å². The van der Waals surface area contributed by atoms with Gasteiger partial charge in [0.05, 0.1) is 17.3 Å². The average molecular weight is 563 g/mol. The Labute approximate surface area is 204 Å². The number of carbonyl (C=O) groups excluding carboxylic acids is 1. The van der Waals surface area contributed by atoms with Crippen LogP contribution >= 0.6 is 62.1 Å². The fourth-order valence-corrected chi connectivity index (χ4v) is 3.75. The maximum absolute atomic E-state index is 12.8. The number of nitrogens with one attached hydrogen (secondary N) is 1. The first-order valence-corrected chi connectivity index (χ1v) is 11.2. The number of aromatic nitrogens is 4. The molecule has 0 aliphatic rings. The van der Waals surface area contributed by atoms with E-state index in [0.717, 1.165) is 0 Å². The first kappa shape index (κ1) is 23.5. The number of amides is 1. The number of benzene rings is 1. The summed E-state index contributed by atoms with van der Waals surface area (Å²) in [5.74, 6) is 0.504. The minimum absolute atomic E-state index is 0.0423. The summed E-state index contributed by atoms with van der Waals surface area (Å²) in [7, 11) is 0. The van der Waals surface area contributed by atoms with Gasteiger partial charge >= 0.3 is 0 Å². The topological polar surface area (TPSA) is 106 Å². The Morgan fingerprint density at radius 3 is 2.81 bits per heavy atom. The van der Waals surface area contributed by atoms with Gasteiger partial charge < -0.3 is 10.1 Å². The minimum Gasteiger partial charge on any atom is -0.488 e. The molecule has 0 bridgehead atoms. The lowest BCUT2D eigenvalue weighted by Crippen LogP contribution is -2.28. The number of rotatable bonds is 7. The van der Waals surface area contributed by atoms with Gasteiger partial charge in [0, 0.05) is 10.0 Å². The molecule has 0 fully saturated rings. The van der Waals surface area contributed by atoms with Crippen LogP contribution in [-0.2, 0) is 0 Å². The maximum atomic E-state index is 12.8.